The van der Waals surface area contributed by atoms with E-state index in [4.69, 9.17) is 0 Å². The molecule has 2 aromatic rings. The van der Waals surface area contributed by atoms with Gasteiger partial charge in [0.1, 0.15) is 0 Å². The van der Waals surface area contributed by atoms with E-state index < -0.39 is 15.1 Å². The fourth-order valence-electron chi connectivity index (χ4n) is 2.69. The highest BCUT2D eigenvalue weighted by molar-refractivity contribution is 7.92. The lowest BCUT2D eigenvalue weighted by atomic mass is 10.3. The number of nitrogens with zero attached hydrogens (tertiary/aromatic N) is 1. The number of rotatable bonds is 3. The number of likely N-dealkylation sites (tertiary alicyclic amines) is 1. The molecule has 2 amide bonds. The highest BCUT2D eigenvalue weighted by atomic mass is 32.2. The summed E-state index contributed by atoms with van der Waals surface area (Å²) in [6, 6.07) is 17.3. The largest absolute Gasteiger partial charge is 0.323 e. The van der Waals surface area contributed by atoms with Crippen LogP contribution in [0.1, 0.15) is 6.42 Å². The van der Waals surface area contributed by atoms with Crippen LogP contribution in [0.2, 0.25) is 0 Å². The van der Waals surface area contributed by atoms with Crippen molar-refractivity contribution < 1.29 is 13.2 Å². The van der Waals surface area contributed by atoms with Gasteiger partial charge in [-0.25, -0.2) is 13.2 Å². The van der Waals surface area contributed by atoms with Crippen LogP contribution in [0.15, 0.2) is 65.6 Å². The third kappa shape index (κ3) is 3.37. The van der Waals surface area contributed by atoms with Crippen molar-refractivity contribution in [2.45, 2.75) is 16.6 Å². The Bertz CT molecular complexity index is 776. The molecule has 23 heavy (non-hydrogen) atoms. The first-order valence-electron chi connectivity index (χ1n) is 7.47. The lowest BCUT2D eigenvalue weighted by Crippen LogP contribution is -2.35. The number of urea groups is 1. The maximum absolute atomic E-state index is 12.6. The Morgan fingerprint density at radius 3 is 2.26 bits per heavy atom. The predicted octanol–water partition coefficient (Wildman–Crippen LogP) is 2.77. The van der Waals surface area contributed by atoms with Crippen molar-refractivity contribution >= 4 is 21.6 Å². The van der Waals surface area contributed by atoms with E-state index in [9.17, 15) is 13.2 Å². The van der Waals surface area contributed by atoms with Gasteiger partial charge in [0.25, 0.3) is 0 Å². The van der Waals surface area contributed by atoms with Gasteiger partial charge >= 0.3 is 6.03 Å². The number of hydrogen-bond donors (Lipinski definition) is 1. The molecule has 0 aromatic heterocycles. The van der Waals surface area contributed by atoms with Crippen LogP contribution in [0.5, 0.6) is 0 Å². The summed E-state index contributed by atoms with van der Waals surface area (Å²) in [6.07, 6.45) is 0.458. The zero-order chi connectivity index (χ0) is 16.3. The molecule has 0 spiro atoms. The first-order chi connectivity index (χ1) is 11.1. The van der Waals surface area contributed by atoms with Gasteiger partial charge in [-0.2, -0.15) is 0 Å². The van der Waals surface area contributed by atoms with E-state index in [1.165, 1.54) is 0 Å². The SMILES string of the molecule is O=C(Nc1ccccc1)N1CCC(S(=O)(=O)c2ccccc2)C1. The quantitative estimate of drug-likeness (QED) is 0.941. The zero-order valence-electron chi connectivity index (χ0n) is 12.6. The highest BCUT2D eigenvalue weighted by Crippen LogP contribution is 2.24. The maximum Gasteiger partial charge on any atom is 0.321 e. The molecule has 0 radical (unpaired) electrons. The summed E-state index contributed by atoms with van der Waals surface area (Å²) >= 11 is 0. The first-order valence-corrected chi connectivity index (χ1v) is 9.02. The van der Waals surface area contributed by atoms with Crippen LogP contribution in [0.25, 0.3) is 0 Å². The first kappa shape index (κ1) is 15.6. The van der Waals surface area contributed by atoms with Gasteiger partial charge < -0.3 is 10.2 Å². The van der Waals surface area contributed by atoms with Crippen LogP contribution in [0.4, 0.5) is 10.5 Å². The second kappa shape index (κ2) is 6.42. The van der Waals surface area contributed by atoms with E-state index in [0.717, 1.165) is 0 Å². The van der Waals surface area contributed by atoms with Crippen molar-refractivity contribution in [2.75, 3.05) is 18.4 Å². The Labute approximate surface area is 135 Å². The standard InChI is InChI=1S/C17H18N2O3S/c20-17(18-14-7-3-1-4-8-14)19-12-11-16(13-19)23(21,22)15-9-5-2-6-10-15/h1-10,16H,11-13H2,(H,18,20). The minimum Gasteiger partial charge on any atom is -0.323 e. The van der Waals surface area contributed by atoms with Gasteiger partial charge in [-0.05, 0) is 30.7 Å². The van der Waals surface area contributed by atoms with Crippen LogP contribution < -0.4 is 5.32 Å². The summed E-state index contributed by atoms with van der Waals surface area (Å²) in [7, 11) is -3.40. The number of hydrogen-bond acceptors (Lipinski definition) is 3. The van der Waals surface area contributed by atoms with Gasteiger partial charge in [-0.15, -0.1) is 0 Å². The second-order valence-electron chi connectivity index (χ2n) is 5.51. The molecule has 1 saturated heterocycles. The van der Waals surface area contributed by atoms with Crippen LogP contribution in [-0.4, -0.2) is 37.7 Å². The molecule has 1 aliphatic rings. The van der Waals surface area contributed by atoms with Gasteiger partial charge in [-0.1, -0.05) is 36.4 Å². The molecule has 1 atom stereocenters. The van der Waals surface area contributed by atoms with Crippen molar-refractivity contribution in [1.82, 2.24) is 4.90 Å². The minimum atomic E-state index is -3.40. The Morgan fingerprint density at radius 2 is 1.61 bits per heavy atom. The Kier molecular flexibility index (Phi) is 4.34. The monoisotopic (exact) mass is 330 g/mol. The third-order valence-electron chi connectivity index (χ3n) is 3.97. The molecule has 1 fully saturated rings. The van der Waals surface area contributed by atoms with E-state index in [2.05, 4.69) is 5.32 Å². The van der Waals surface area contributed by atoms with Gasteiger partial charge in [0.05, 0.1) is 10.1 Å². The predicted molar refractivity (Wildman–Crippen MR) is 89.1 cm³/mol. The van der Waals surface area contributed by atoms with Crippen molar-refractivity contribution in [3.05, 3.63) is 60.7 Å². The van der Waals surface area contributed by atoms with Crippen molar-refractivity contribution in [2.24, 2.45) is 0 Å². The van der Waals surface area contributed by atoms with Crippen molar-refractivity contribution in [3.8, 4) is 0 Å². The second-order valence-corrected chi connectivity index (χ2v) is 7.74. The average molecular weight is 330 g/mol. The number of nitrogens with one attached hydrogen (secondary N) is 1. The molecule has 0 aliphatic carbocycles. The van der Waals surface area contributed by atoms with Crippen LogP contribution >= 0.6 is 0 Å². The average Bonchev–Trinajstić information content (AvgIpc) is 3.07. The van der Waals surface area contributed by atoms with E-state index >= 15 is 0 Å². The number of para-hydroxylation sites is 1. The molecule has 6 heteroatoms. The number of carbonyl (C=O) groups excluding carboxylic acids is 1. The zero-order valence-corrected chi connectivity index (χ0v) is 13.4. The Morgan fingerprint density at radius 1 is 1.00 bits per heavy atom. The van der Waals surface area contributed by atoms with E-state index in [-0.39, 0.29) is 12.6 Å². The number of sulfone groups is 1. The van der Waals surface area contributed by atoms with Crippen LogP contribution in [0.3, 0.4) is 0 Å². The van der Waals surface area contributed by atoms with Gasteiger partial charge in [0, 0.05) is 18.8 Å². The third-order valence-corrected chi connectivity index (χ3v) is 6.16. The maximum atomic E-state index is 12.6. The molecule has 1 aliphatic heterocycles. The molecular weight excluding hydrogens is 312 g/mol. The van der Waals surface area contributed by atoms with Crippen LogP contribution in [-0.2, 0) is 9.84 Å². The van der Waals surface area contributed by atoms with Gasteiger partial charge in [0.15, 0.2) is 9.84 Å². The molecule has 120 valence electrons. The molecule has 1 N–H and O–H groups in total. The van der Waals surface area contributed by atoms with Crippen LogP contribution in [0, 0.1) is 0 Å². The molecule has 3 rings (SSSR count). The van der Waals surface area contributed by atoms with Crippen molar-refractivity contribution in [1.29, 1.82) is 0 Å². The molecule has 2 aromatic carbocycles. The molecular formula is C17H18N2O3S. The van der Waals surface area contributed by atoms with Crippen molar-refractivity contribution in [3.63, 3.8) is 0 Å². The van der Waals surface area contributed by atoms with E-state index in [1.807, 2.05) is 18.2 Å². The topological polar surface area (TPSA) is 66.5 Å². The Hall–Kier alpha value is -2.34. The fourth-order valence-corrected chi connectivity index (χ4v) is 4.41. The van der Waals surface area contributed by atoms with E-state index in [1.54, 1.807) is 47.4 Å². The summed E-state index contributed by atoms with van der Waals surface area (Å²) in [5.74, 6) is 0. The summed E-state index contributed by atoms with van der Waals surface area (Å²) in [5, 5.41) is 2.24. The molecule has 1 heterocycles. The van der Waals surface area contributed by atoms with Gasteiger partial charge in [-0.3, -0.25) is 0 Å². The summed E-state index contributed by atoms with van der Waals surface area (Å²) in [5.41, 5.74) is 0.701. The van der Waals surface area contributed by atoms with E-state index in [0.29, 0.717) is 23.5 Å². The molecule has 0 bridgehead atoms. The highest BCUT2D eigenvalue weighted by Gasteiger charge is 2.36. The summed E-state index contributed by atoms with van der Waals surface area (Å²) in [6.45, 7) is 0.658. The number of benzene rings is 2. The number of anilines is 1. The lowest BCUT2D eigenvalue weighted by Gasteiger charge is -2.17. The lowest BCUT2D eigenvalue weighted by molar-refractivity contribution is 0.222. The normalized spacial score (nSPS) is 17.9. The minimum absolute atomic E-state index is 0.218. The summed E-state index contributed by atoms with van der Waals surface area (Å²) in [4.78, 5) is 14.1. The molecule has 5 nitrogen and oxygen atoms in total. The number of carbonyl (C=O) groups is 1. The molecule has 0 saturated carbocycles. The Balaban J connectivity index is 1.68. The smallest absolute Gasteiger partial charge is 0.321 e. The van der Waals surface area contributed by atoms with Gasteiger partial charge in [0.2, 0.25) is 0 Å². The molecule has 1 unspecified atom stereocenters. The fraction of sp³-hybridized carbons (Fsp3) is 0.235. The summed E-state index contributed by atoms with van der Waals surface area (Å²) < 4.78 is 25.2. The number of amides is 2.